The average Bonchev–Trinajstić information content (AvgIpc) is 3.45. The Labute approximate surface area is 187 Å². The second kappa shape index (κ2) is 9.28. The molecule has 2 heterocycles. The van der Waals surface area contributed by atoms with Crippen molar-refractivity contribution < 1.29 is 18.7 Å². The van der Waals surface area contributed by atoms with E-state index in [0.29, 0.717) is 33.3 Å². The van der Waals surface area contributed by atoms with Gasteiger partial charge in [0.05, 0.1) is 25.5 Å². The highest BCUT2D eigenvalue weighted by molar-refractivity contribution is 7.98. The van der Waals surface area contributed by atoms with Crippen molar-refractivity contribution in [2.24, 2.45) is 0 Å². The molecule has 0 saturated carbocycles. The van der Waals surface area contributed by atoms with Gasteiger partial charge in [-0.3, -0.25) is 4.57 Å². The number of halogens is 1. The van der Waals surface area contributed by atoms with Gasteiger partial charge in [0, 0.05) is 10.7 Å². The van der Waals surface area contributed by atoms with E-state index in [1.54, 1.807) is 19.2 Å². The minimum absolute atomic E-state index is 0.159. The van der Waals surface area contributed by atoms with Crippen molar-refractivity contribution >= 4 is 29.3 Å². The maximum absolute atomic E-state index is 11.6. The Morgan fingerprint density at radius 1 is 1.06 bits per heavy atom. The number of benzene rings is 2. The lowest BCUT2D eigenvalue weighted by atomic mass is 10.2. The predicted octanol–water partition coefficient (Wildman–Crippen LogP) is 5.27. The van der Waals surface area contributed by atoms with Gasteiger partial charge in [-0.2, -0.15) is 0 Å². The number of carbonyl (C=O) groups excluding carboxylic acids is 1. The second-order valence-electron chi connectivity index (χ2n) is 6.36. The molecule has 2 aromatic heterocycles. The number of thioether (sulfide) groups is 1. The first-order chi connectivity index (χ1) is 15.1. The van der Waals surface area contributed by atoms with Crippen LogP contribution in [0.15, 0.2) is 70.2 Å². The maximum Gasteiger partial charge on any atom is 0.373 e. The number of hydrogen-bond donors (Lipinski definition) is 0. The number of carbonyl (C=O) groups is 1. The van der Waals surface area contributed by atoms with Gasteiger partial charge in [0.15, 0.2) is 11.0 Å². The van der Waals surface area contributed by atoms with E-state index >= 15 is 0 Å². The first-order valence-electron chi connectivity index (χ1n) is 9.25. The van der Waals surface area contributed by atoms with Crippen LogP contribution in [0, 0.1) is 0 Å². The van der Waals surface area contributed by atoms with Gasteiger partial charge in [-0.15, -0.1) is 10.2 Å². The number of ether oxygens (including phenoxy) is 2. The highest BCUT2D eigenvalue weighted by Crippen LogP contribution is 2.34. The van der Waals surface area contributed by atoms with Crippen LogP contribution in [0.3, 0.4) is 0 Å². The normalized spacial score (nSPS) is 10.8. The summed E-state index contributed by atoms with van der Waals surface area (Å²) in [7, 11) is 2.93. The molecule has 0 fully saturated rings. The van der Waals surface area contributed by atoms with Crippen LogP contribution < -0.4 is 4.74 Å². The Hall–Kier alpha value is -3.23. The molecule has 0 aliphatic rings. The number of nitrogens with zero attached hydrogens (tertiary/aromatic N) is 3. The maximum atomic E-state index is 11.6. The zero-order valence-electron chi connectivity index (χ0n) is 16.7. The summed E-state index contributed by atoms with van der Waals surface area (Å²) >= 11 is 7.51. The third-order valence-corrected chi connectivity index (χ3v) is 5.66. The fourth-order valence-corrected chi connectivity index (χ4v) is 3.96. The van der Waals surface area contributed by atoms with Crippen LogP contribution in [0.1, 0.15) is 16.3 Å². The predicted molar refractivity (Wildman–Crippen MR) is 118 cm³/mol. The van der Waals surface area contributed by atoms with Crippen molar-refractivity contribution in [1.29, 1.82) is 0 Å². The quantitative estimate of drug-likeness (QED) is 0.277. The van der Waals surface area contributed by atoms with E-state index in [4.69, 9.17) is 20.8 Å². The first kappa shape index (κ1) is 21.0. The SMILES string of the molecule is COC(=O)c1ccc(CSc2nnc(-c3ccccc3OC)n2-c2ccc(Cl)cc2)o1. The van der Waals surface area contributed by atoms with Gasteiger partial charge < -0.3 is 13.9 Å². The Bertz CT molecular complexity index is 1200. The molecule has 0 atom stereocenters. The monoisotopic (exact) mass is 455 g/mol. The topological polar surface area (TPSA) is 79.4 Å². The Kier molecular flexibility index (Phi) is 6.29. The van der Waals surface area contributed by atoms with Gasteiger partial charge >= 0.3 is 5.97 Å². The Morgan fingerprint density at radius 3 is 2.58 bits per heavy atom. The zero-order chi connectivity index (χ0) is 21.8. The van der Waals surface area contributed by atoms with E-state index in [-0.39, 0.29) is 5.76 Å². The summed E-state index contributed by atoms with van der Waals surface area (Å²) in [6.45, 7) is 0. The Morgan fingerprint density at radius 2 is 1.84 bits per heavy atom. The van der Waals surface area contributed by atoms with Crippen LogP contribution in [-0.4, -0.2) is 35.0 Å². The van der Waals surface area contributed by atoms with E-state index in [9.17, 15) is 4.79 Å². The minimum Gasteiger partial charge on any atom is -0.496 e. The van der Waals surface area contributed by atoms with E-state index in [1.165, 1.54) is 18.9 Å². The van der Waals surface area contributed by atoms with Crippen LogP contribution in [0.25, 0.3) is 17.1 Å². The summed E-state index contributed by atoms with van der Waals surface area (Å²) in [6, 6.07) is 18.4. The molecule has 2 aromatic carbocycles. The summed E-state index contributed by atoms with van der Waals surface area (Å²) < 4.78 is 17.7. The standard InChI is InChI=1S/C22H18ClN3O4S/c1-28-18-6-4-3-5-17(18)20-24-25-22(26(20)15-9-7-14(23)8-10-15)31-13-16-11-12-19(30-16)21(27)29-2/h3-12H,13H2,1-2H3. The van der Waals surface area contributed by atoms with Gasteiger partial charge in [-0.05, 0) is 48.5 Å². The summed E-state index contributed by atoms with van der Waals surface area (Å²) in [5, 5.41) is 10.1. The lowest BCUT2D eigenvalue weighted by Gasteiger charge is -2.12. The molecule has 0 aliphatic heterocycles. The van der Waals surface area contributed by atoms with Crippen LogP contribution in [0.2, 0.25) is 5.02 Å². The van der Waals surface area contributed by atoms with E-state index in [2.05, 4.69) is 14.9 Å². The average molecular weight is 456 g/mol. The van der Waals surface area contributed by atoms with Gasteiger partial charge in [-0.1, -0.05) is 35.5 Å². The van der Waals surface area contributed by atoms with Crippen LogP contribution in [0.4, 0.5) is 0 Å². The van der Waals surface area contributed by atoms with E-state index in [1.807, 2.05) is 53.1 Å². The lowest BCUT2D eigenvalue weighted by Crippen LogP contribution is -2.01. The number of methoxy groups -OCH3 is 2. The highest BCUT2D eigenvalue weighted by atomic mass is 35.5. The fourth-order valence-electron chi connectivity index (χ4n) is 2.99. The summed E-state index contributed by atoms with van der Waals surface area (Å²) in [5.41, 5.74) is 1.66. The molecule has 0 saturated heterocycles. The minimum atomic E-state index is -0.515. The van der Waals surface area contributed by atoms with Crippen molar-refractivity contribution in [3.05, 3.63) is 77.2 Å². The molecule has 0 unspecified atom stereocenters. The van der Waals surface area contributed by atoms with Crippen LogP contribution in [0.5, 0.6) is 5.75 Å². The lowest BCUT2D eigenvalue weighted by molar-refractivity contribution is 0.0563. The summed E-state index contributed by atoms with van der Waals surface area (Å²) in [4.78, 5) is 11.6. The molecule has 0 spiro atoms. The smallest absolute Gasteiger partial charge is 0.373 e. The number of hydrogen-bond acceptors (Lipinski definition) is 7. The van der Waals surface area contributed by atoms with Crippen molar-refractivity contribution in [3.8, 4) is 22.8 Å². The van der Waals surface area contributed by atoms with Gasteiger partial charge in [0.25, 0.3) is 0 Å². The highest BCUT2D eigenvalue weighted by Gasteiger charge is 2.20. The Balaban J connectivity index is 1.71. The molecule has 0 aliphatic carbocycles. The molecule has 0 radical (unpaired) electrons. The van der Waals surface area contributed by atoms with E-state index < -0.39 is 5.97 Å². The molecule has 158 valence electrons. The molecule has 7 nitrogen and oxygen atoms in total. The van der Waals surface area contributed by atoms with Crippen LogP contribution in [-0.2, 0) is 10.5 Å². The summed E-state index contributed by atoms with van der Waals surface area (Å²) in [6.07, 6.45) is 0. The second-order valence-corrected chi connectivity index (χ2v) is 7.74. The molecular formula is C22H18ClN3O4S. The van der Waals surface area contributed by atoms with E-state index in [0.717, 1.165) is 11.3 Å². The molecule has 4 rings (SSSR count). The third-order valence-electron chi connectivity index (χ3n) is 4.46. The molecular weight excluding hydrogens is 438 g/mol. The first-order valence-corrected chi connectivity index (χ1v) is 10.6. The largest absolute Gasteiger partial charge is 0.496 e. The molecule has 0 amide bonds. The number of furan rings is 1. The zero-order valence-corrected chi connectivity index (χ0v) is 18.3. The van der Waals surface area contributed by atoms with Crippen molar-refractivity contribution in [2.75, 3.05) is 14.2 Å². The van der Waals surface area contributed by atoms with Gasteiger partial charge in [-0.25, -0.2) is 4.79 Å². The molecule has 0 bridgehead atoms. The van der Waals surface area contributed by atoms with Gasteiger partial charge in [0.1, 0.15) is 11.5 Å². The number of para-hydroxylation sites is 1. The van der Waals surface area contributed by atoms with Crippen molar-refractivity contribution in [2.45, 2.75) is 10.9 Å². The molecule has 0 N–H and O–H groups in total. The molecule has 4 aromatic rings. The van der Waals surface area contributed by atoms with Crippen molar-refractivity contribution in [3.63, 3.8) is 0 Å². The summed E-state index contributed by atoms with van der Waals surface area (Å²) in [5.74, 6) is 2.04. The molecule has 9 heteroatoms. The van der Waals surface area contributed by atoms with Gasteiger partial charge in [0.2, 0.25) is 5.76 Å². The fraction of sp³-hybridized carbons (Fsp3) is 0.136. The number of esters is 1. The van der Waals surface area contributed by atoms with Crippen LogP contribution >= 0.6 is 23.4 Å². The molecule has 31 heavy (non-hydrogen) atoms. The number of aromatic nitrogens is 3. The number of rotatable bonds is 7. The van der Waals surface area contributed by atoms with Crippen molar-refractivity contribution in [1.82, 2.24) is 14.8 Å². The third kappa shape index (κ3) is 4.45.